The van der Waals surface area contributed by atoms with E-state index in [0.717, 1.165) is 16.7 Å². The SMILES string of the molecule is O=C(NC(Cc1ccc(-c2cccc(Cl)c2)cc1)CC(O)C(=O)O)C(=O)N1CC2(COC2)C1. The first-order valence-electron chi connectivity index (χ1n) is 10.7. The van der Waals surface area contributed by atoms with Crippen LogP contribution < -0.4 is 5.32 Å². The number of nitrogens with one attached hydrogen (secondary N) is 1. The average Bonchev–Trinajstić information content (AvgIpc) is 2.72. The van der Waals surface area contributed by atoms with Crippen LogP contribution in [0.15, 0.2) is 48.5 Å². The summed E-state index contributed by atoms with van der Waals surface area (Å²) in [6, 6.07) is 14.2. The van der Waals surface area contributed by atoms with E-state index in [0.29, 0.717) is 31.3 Å². The van der Waals surface area contributed by atoms with Crippen molar-refractivity contribution in [1.29, 1.82) is 0 Å². The van der Waals surface area contributed by atoms with Gasteiger partial charge in [0.2, 0.25) is 0 Å². The highest BCUT2D eigenvalue weighted by atomic mass is 35.5. The predicted molar refractivity (Wildman–Crippen MR) is 121 cm³/mol. The fourth-order valence-electron chi connectivity index (χ4n) is 4.22. The van der Waals surface area contributed by atoms with Gasteiger partial charge < -0.3 is 25.2 Å². The highest BCUT2D eigenvalue weighted by Gasteiger charge is 2.51. The first-order valence-corrected chi connectivity index (χ1v) is 11.1. The second kappa shape index (κ2) is 9.51. The zero-order chi connectivity index (χ0) is 23.6. The van der Waals surface area contributed by atoms with E-state index in [1.54, 1.807) is 6.07 Å². The maximum atomic E-state index is 12.5. The van der Waals surface area contributed by atoms with E-state index in [1.807, 2.05) is 42.5 Å². The van der Waals surface area contributed by atoms with Crippen molar-refractivity contribution < 1.29 is 29.3 Å². The molecular formula is C24H25ClN2O6. The van der Waals surface area contributed by atoms with E-state index in [1.165, 1.54) is 4.90 Å². The van der Waals surface area contributed by atoms with Gasteiger partial charge in [-0.3, -0.25) is 9.59 Å². The molecule has 2 saturated heterocycles. The Bertz CT molecular complexity index is 1050. The molecule has 2 heterocycles. The van der Waals surface area contributed by atoms with Crippen molar-refractivity contribution >= 4 is 29.4 Å². The molecule has 2 amide bonds. The quantitative estimate of drug-likeness (QED) is 0.528. The van der Waals surface area contributed by atoms with Crippen molar-refractivity contribution in [1.82, 2.24) is 10.2 Å². The Kier molecular flexibility index (Phi) is 6.69. The Morgan fingerprint density at radius 2 is 1.79 bits per heavy atom. The molecule has 2 aromatic rings. The highest BCUT2D eigenvalue weighted by Crippen LogP contribution is 2.37. The van der Waals surface area contributed by atoms with Crippen LogP contribution in [0.1, 0.15) is 12.0 Å². The average molecular weight is 473 g/mol. The summed E-state index contributed by atoms with van der Waals surface area (Å²) in [5.41, 5.74) is 2.72. The van der Waals surface area contributed by atoms with E-state index >= 15 is 0 Å². The molecule has 174 valence electrons. The Morgan fingerprint density at radius 1 is 1.09 bits per heavy atom. The standard InChI is InChI=1S/C24H25ClN2O6/c25-18-3-1-2-17(9-18)16-6-4-15(5-7-16)8-19(10-20(28)23(31)32)26-21(29)22(30)27-11-24(12-27)13-33-14-24/h1-7,9,19-20,28H,8,10-14H2,(H,26,29)(H,31,32). The van der Waals surface area contributed by atoms with E-state index in [2.05, 4.69) is 5.32 Å². The number of benzene rings is 2. The van der Waals surface area contributed by atoms with Gasteiger partial charge in [-0.1, -0.05) is 48.0 Å². The van der Waals surface area contributed by atoms with Gasteiger partial charge in [0.15, 0.2) is 6.10 Å². The number of hydrogen-bond acceptors (Lipinski definition) is 5. The van der Waals surface area contributed by atoms with Gasteiger partial charge >= 0.3 is 17.8 Å². The van der Waals surface area contributed by atoms with Crippen molar-refractivity contribution in [2.75, 3.05) is 26.3 Å². The Hall–Kier alpha value is -2.94. The topological polar surface area (TPSA) is 116 Å². The van der Waals surface area contributed by atoms with Crippen LogP contribution in [-0.2, 0) is 25.5 Å². The molecule has 2 aliphatic rings. The molecule has 9 heteroatoms. The number of aliphatic hydroxyl groups is 1. The molecule has 2 aliphatic heterocycles. The number of rotatable bonds is 7. The molecule has 33 heavy (non-hydrogen) atoms. The lowest BCUT2D eigenvalue weighted by atomic mass is 9.78. The minimum absolute atomic E-state index is 0.0143. The maximum absolute atomic E-state index is 12.5. The van der Waals surface area contributed by atoms with Crippen LogP contribution in [0.4, 0.5) is 0 Å². The lowest BCUT2D eigenvalue weighted by molar-refractivity contribution is -0.196. The van der Waals surface area contributed by atoms with Gasteiger partial charge in [-0.05, 0) is 35.2 Å². The minimum atomic E-state index is -1.66. The first kappa shape index (κ1) is 23.2. The minimum Gasteiger partial charge on any atom is -0.479 e. The van der Waals surface area contributed by atoms with E-state index < -0.39 is 29.9 Å². The monoisotopic (exact) mass is 472 g/mol. The third kappa shape index (κ3) is 5.35. The summed E-state index contributed by atoms with van der Waals surface area (Å²) < 4.78 is 5.18. The molecule has 4 rings (SSSR count). The van der Waals surface area contributed by atoms with E-state index in [4.69, 9.17) is 21.4 Å². The van der Waals surface area contributed by atoms with Crippen LogP contribution >= 0.6 is 11.6 Å². The third-order valence-electron chi connectivity index (χ3n) is 6.07. The second-order valence-corrected chi connectivity index (χ2v) is 9.26. The summed E-state index contributed by atoms with van der Waals surface area (Å²) >= 11 is 6.06. The zero-order valence-electron chi connectivity index (χ0n) is 17.9. The van der Waals surface area contributed by atoms with Gasteiger partial charge in [0, 0.05) is 30.6 Å². The lowest BCUT2D eigenvalue weighted by Gasteiger charge is -2.54. The highest BCUT2D eigenvalue weighted by molar-refractivity contribution is 6.35. The number of carbonyl (C=O) groups excluding carboxylic acids is 2. The van der Waals surface area contributed by atoms with Crippen LogP contribution in [0.2, 0.25) is 5.02 Å². The zero-order valence-corrected chi connectivity index (χ0v) is 18.6. The van der Waals surface area contributed by atoms with Crippen molar-refractivity contribution in [2.24, 2.45) is 5.41 Å². The number of carboxylic acids is 1. The number of aliphatic hydroxyl groups excluding tert-OH is 1. The van der Waals surface area contributed by atoms with Gasteiger partial charge in [0.05, 0.1) is 18.6 Å². The largest absolute Gasteiger partial charge is 0.479 e. The van der Waals surface area contributed by atoms with E-state index in [9.17, 15) is 19.5 Å². The van der Waals surface area contributed by atoms with Crippen molar-refractivity contribution in [3.05, 3.63) is 59.1 Å². The van der Waals surface area contributed by atoms with Crippen LogP contribution in [0, 0.1) is 5.41 Å². The molecule has 0 bridgehead atoms. The molecule has 2 fully saturated rings. The van der Waals surface area contributed by atoms with Crippen LogP contribution in [0.5, 0.6) is 0 Å². The molecule has 2 unspecified atom stereocenters. The summed E-state index contributed by atoms with van der Waals surface area (Å²) in [7, 11) is 0. The normalized spacial score (nSPS) is 18.1. The van der Waals surface area contributed by atoms with Crippen molar-refractivity contribution in [3.63, 3.8) is 0 Å². The van der Waals surface area contributed by atoms with Gasteiger partial charge in [-0.25, -0.2) is 4.79 Å². The number of hydrogen-bond donors (Lipinski definition) is 3. The number of ether oxygens (including phenoxy) is 1. The second-order valence-electron chi connectivity index (χ2n) is 8.83. The molecule has 0 radical (unpaired) electrons. The molecular weight excluding hydrogens is 448 g/mol. The summed E-state index contributed by atoms with van der Waals surface area (Å²) in [4.78, 5) is 37.6. The van der Waals surface area contributed by atoms with Crippen LogP contribution in [-0.4, -0.2) is 71.3 Å². The van der Waals surface area contributed by atoms with Crippen LogP contribution in [0.25, 0.3) is 11.1 Å². The molecule has 1 spiro atoms. The predicted octanol–water partition coefficient (Wildman–Crippen LogP) is 1.73. The molecule has 0 saturated carbocycles. The number of likely N-dealkylation sites (tertiary alicyclic amines) is 1. The Balaban J connectivity index is 1.41. The molecule has 8 nitrogen and oxygen atoms in total. The van der Waals surface area contributed by atoms with Crippen molar-refractivity contribution in [3.8, 4) is 11.1 Å². The molecule has 0 aliphatic carbocycles. The number of carboxylic acid groups (broad SMARTS) is 1. The molecule has 0 aromatic heterocycles. The van der Waals surface area contributed by atoms with E-state index in [-0.39, 0.29) is 18.3 Å². The number of carbonyl (C=O) groups is 3. The fraction of sp³-hybridized carbons (Fsp3) is 0.375. The van der Waals surface area contributed by atoms with Gasteiger partial charge in [0.1, 0.15) is 0 Å². The number of nitrogens with zero attached hydrogens (tertiary/aromatic N) is 1. The first-order chi connectivity index (χ1) is 15.7. The molecule has 3 N–H and O–H groups in total. The van der Waals surface area contributed by atoms with Crippen molar-refractivity contribution in [2.45, 2.75) is 25.0 Å². The maximum Gasteiger partial charge on any atom is 0.332 e. The third-order valence-corrected chi connectivity index (χ3v) is 6.31. The van der Waals surface area contributed by atoms with Gasteiger partial charge in [-0.2, -0.15) is 0 Å². The Morgan fingerprint density at radius 3 is 2.36 bits per heavy atom. The lowest BCUT2D eigenvalue weighted by Crippen LogP contribution is -2.68. The Labute approximate surface area is 196 Å². The summed E-state index contributed by atoms with van der Waals surface area (Å²) in [5.74, 6) is -2.84. The van der Waals surface area contributed by atoms with Gasteiger partial charge in [-0.15, -0.1) is 0 Å². The summed E-state index contributed by atoms with van der Waals surface area (Å²) in [6.45, 7) is 2.15. The summed E-state index contributed by atoms with van der Waals surface area (Å²) in [6.07, 6.45) is -1.62. The number of aliphatic carboxylic acids is 1. The fourth-order valence-corrected chi connectivity index (χ4v) is 4.41. The number of halogens is 1. The van der Waals surface area contributed by atoms with Crippen LogP contribution in [0.3, 0.4) is 0 Å². The molecule has 2 atom stereocenters. The smallest absolute Gasteiger partial charge is 0.332 e. The number of amides is 2. The van der Waals surface area contributed by atoms with Gasteiger partial charge in [0.25, 0.3) is 0 Å². The summed E-state index contributed by atoms with van der Waals surface area (Å²) in [5, 5.41) is 22.2. The molecule has 2 aromatic carbocycles.